The van der Waals surface area contributed by atoms with E-state index >= 15 is 0 Å². The van der Waals surface area contributed by atoms with Gasteiger partial charge in [0.05, 0.1) is 12.6 Å². The quantitative estimate of drug-likeness (QED) is 0.753. The molecule has 1 rings (SSSR count). The van der Waals surface area contributed by atoms with Crippen molar-refractivity contribution < 1.29 is 22.7 Å². The minimum absolute atomic E-state index is 0.0218. The zero-order valence-corrected chi connectivity index (χ0v) is 12.5. The molecule has 1 aromatic rings. The Morgan fingerprint density at radius 2 is 2.18 bits per heavy atom. The van der Waals surface area contributed by atoms with Crippen LogP contribution in [0.5, 0.6) is 5.88 Å². The number of aromatic nitrogens is 1. The standard InChI is InChI=1S/C14H20F3N3O2/c1-3-9(2)11(18)12(21)19-7-8-22-13-10(14(15,16)17)5-4-6-20-13/h4-6,9,11H,3,7-8,18H2,1-2H3,(H,19,21). The first-order valence-corrected chi connectivity index (χ1v) is 6.95. The van der Waals surface area contributed by atoms with Crippen LogP contribution in [0.25, 0.3) is 0 Å². The number of ether oxygens (including phenoxy) is 1. The van der Waals surface area contributed by atoms with Gasteiger partial charge in [-0.3, -0.25) is 4.79 Å². The van der Waals surface area contributed by atoms with Gasteiger partial charge >= 0.3 is 6.18 Å². The molecule has 0 radical (unpaired) electrons. The highest BCUT2D eigenvalue weighted by Crippen LogP contribution is 2.34. The van der Waals surface area contributed by atoms with Crippen molar-refractivity contribution in [1.82, 2.24) is 10.3 Å². The van der Waals surface area contributed by atoms with E-state index in [0.29, 0.717) is 0 Å². The summed E-state index contributed by atoms with van der Waals surface area (Å²) in [5.41, 5.74) is 4.79. The third kappa shape index (κ3) is 5.18. The van der Waals surface area contributed by atoms with E-state index < -0.39 is 23.7 Å². The molecule has 0 fully saturated rings. The van der Waals surface area contributed by atoms with E-state index in [2.05, 4.69) is 10.3 Å². The highest BCUT2D eigenvalue weighted by Gasteiger charge is 2.35. The molecule has 0 aromatic carbocycles. The average Bonchev–Trinajstić information content (AvgIpc) is 2.49. The lowest BCUT2D eigenvalue weighted by Crippen LogP contribution is -2.45. The summed E-state index contributed by atoms with van der Waals surface area (Å²) < 4.78 is 43.1. The predicted octanol–water partition coefficient (Wildman–Crippen LogP) is 1.97. The number of rotatable bonds is 7. The number of hydrogen-bond donors (Lipinski definition) is 2. The van der Waals surface area contributed by atoms with Crippen molar-refractivity contribution in [2.75, 3.05) is 13.2 Å². The molecule has 0 aliphatic carbocycles. The molecular weight excluding hydrogens is 299 g/mol. The normalized spacial score (nSPS) is 14.3. The second kappa shape index (κ2) is 7.98. The third-order valence-corrected chi connectivity index (χ3v) is 3.28. The molecule has 0 spiro atoms. The fourth-order valence-electron chi connectivity index (χ4n) is 1.67. The van der Waals surface area contributed by atoms with Crippen LogP contribution in [0.3, 0.4) is 0 Å². The first-order chi connectivity index (χ1) is 10.3. The fourth-order valence-corrected chi connectivity index (χ4v) is 1.67. The molecule has 0 saturated heterocycles. The summed E-state index contributed by atoms with van der Waals surface area (Å²) in [4.78, 5) is 15.3. The molecule has 0 aliphatic rings. The first-order valence-electron chi connectivity index (χ1n) is 6.95. The maximum Gasteiger partial charge on any atom is 0.421 e. The molecule has 1 heterocycles. The number of halogens is 3. The van der Waals surface area contributed by atoms with E-state index in [1.165, 1.54) is 12.3 Å². The van der Waals surface area contributed by atoms with Crippen LogP contribution in [0.4, 0.5) is 13.2 Å². The SMILES string of the molecule is CCC(C)C(N)C(=O)NCCOc1ncccc1C(F)(F)F. The summed E-state index contributed by atoms with van der Waals surface area (Å²) in [6.07, 6.45) is -2.57. The van der Waals surface area contributed by atoms with Crippen LogP contribution in [0, 0.1) is 5.92 Å². The van der Waals surface area contributed by atoms with Crippen LogP contribution in [0.1, 0.15) is 25.8 Å². The molecule has 0 aliphatic heterocycles. The maximum absolute atomic E-state index is 12.7. The van der Waals surface area contributed by atoms with Gasteiger partial charge in [-0.15, -0.1) is 0 Å². The Hall–Kier alpha value is -1.83. The predicted molar refractivity (Wildman–Crippen MR) is 75.2 cm³/mol. The number of hydrogen-bond acceptors (Lipinski definition) is 4. The summed E-state index contributed by atoms with van der Waals surface area (Å²) >= 11 is 0. The van der Waals surface area contributed by atoms with Crippen LogP contribution in [0.2, 0.25) is 0 Å². The Morgan fingerprint density at radius 3 is 2.77 bits per heavy atom. The lowest BCUT2D eigenvalue weighted by molar-refractivity contribution is -0.139. The molecule has 1 aromatic heterocycles. The molecule has 8 heteroatoms. The zero-order valence-electron chi connectivity index (χ0n) is 12.5. The van der Waals surface area contributed by atoms with Crippen LogP contribution >= 0.6 is 0 Å². The van der Waals surface area contributed by atoms with Gasteiger partial charge in [-0.25, -0.2) is 4.98 Å². The number of nitrogens with two attached hydrogens (primary N) is 1. The topological polar surface area (TPSA) is 77.2 Å². The van der Waals surface area contributed by atoms with Crippen LogP contribution in [-0.4, -0.2) is 30.1 Å². The number of nitrogens with one attached hydrogen (secondary N) is 1. The number of amides is 1. The number of alkyl halides is 3. The number of carbonyl (C=O) groups excluding carboxylic acids is 1. The second-order valence-corrected chi connectivity index (χ2v) is 4.90. The number of carbonyl (C=O) groups is 1. The van der Waals surface area contributed by atoms with Crippen molar-refractivity contribution in [3.63, 3.8) is 0 Å². The third-order valence-electron chi connectivity index (χ3n) is 3.28. The van der Waals surface area contributed by atoms with Crippen molar-refractivity contribution in [2.45, 2.75) is 32.5 Å². The molecular formula is C14H20F3N3O2. The van der Waals surface area contributed by atoms with Gasteiger partial charge in [-0.2, -0.15) is 13.2 Å². The minimum Gasteiger partial charge on any atom is -0.475 e. The molecule has 22 heavy (non-hydrogen) atoms. The van der Waals surface area contributed by atoms with E-state index in [4.69, 9.17) is 10.5 Å². The monoisotopic (exact) mass is 319 g/mol. The molecule has 124 valence electrons. The maximum atomic E-state index is 12.7. The number of nitrogens with zero attached hydrogens (tertiary/aromatic N) is 1. The summed E-state index contributed by atoms with van der Waals surface area (Å²) in [5.74, 6) is -0.834. The Kier molecular flexibility index (Phi) is 6.61. The average molecular weight is 319 g/mol. The van der Waals surface area contributed by atoms with Gasteiger partial charge < -0.3 is 15.8 Å². The van der Waals surface area contributed by atoms with E-state index in [0.717, 1.165) is 12.5 Å². The van der Waals surface area contributed by atoms with Crippen molar-refractivity contribution in [3.8, 4) is 5.88 Å². The van der Waals surface area contributed by atoms with Crippen LogP contribution in [-0.2, 0) is 11.0 Å². The fraction of sp³-hybridized carbons (Fsp3) is 0.571. The minimum atomic E-state index is -4.54. The van der Waals surface area contributed by atoms with Crippen molar-refractivity contribution in [2.24, 2.45) is 11.7 Å². The van der Waals surface area contributed by atoms with Gasteiger partial charge in [0.1, 0.15) is 12.2 Å². The lowest BCUT2D eigenvalue weighted by atomic mass is 9.99. The molecule has 3 N–H and O–H groups in total. The van der Waals surface area contributed by atoms with Gasteiger partial charge in [0.25, 0.3) is 0 Å². The first kappa shape index (κ1) is 18.2. The highest BCUT2D eigenvalue weighted by atomic mass is 19.4. The molecule has 5 nitrogen and oxygen atoms in total. The highest BCUT2D eigenvalue weighted by molar-refractivity contribution is 5.81. The largest absolute Gasteiger partial charge is 0.475 e. The van der Waals surface area contributed by atoms with Gasteiger partial charge in [-0.05, 0) is 18.1 Å². The Morgan fingerprint density at radius 1 is 1.50 bits per heavy atom. The van der Waals surface area contributed by atoms with Crippen molar-refractivity contribution in [3.05, 3.63) is 23.9 Å². The second-order valence-electron chi connectivity index (χ2n) is 4.90. The Balaban J connectivity index is 2.48. The van der Waals surface area contributed by atoms with E-state index in [9.17, 15) is 18.0 Å². The summed E-state index contributed by atoms with van der Waals surface area (Å²) in [6.45, 7) is 3.70. The number of pyridine rings is 1. The van der Waals surface area contributed by atoms with Gasteiger partial charge in [0, 0.05) is 6.20 Å². The van der Waals surface area contributed by atoms with Gasteiger partial charge in [-0.1, -0.05) is 20.3 Å². The Bertz CT molecular complexity index is 494. The van der Waals surface area contributed by atoms with Crippen LogP contribution < -0.4 is 15.8 Å². The summed E-state index contributed by atoms with van der Waals surface area (Å²) in [5, 5.41) is 2.53. The Labute approximate surface area is 127 Å². The van der Waals surface area contributed by atoms with Crippen molar-refractivity contribution >= 4 is 5.91 Å². The zero-order chi connectivity index (χ0) is 16.8. The van der Waals surface area contributed by atoms with Gasteiger partial charge in [0.15, 0.2) is 0 Å². The van der Waals surface area contributed by atoms with Crippen molar-refractivity contribution in [1.29, 1.82) is 0 Å². The van der Waals surface area contributed by atoms with E-state index in [1.807, 2.05) is 13.8 Å². The molecule has 2 atom stereocenters. The molecule has 1 amide bonds. The van der Waals surface area contributed by atoms with E-state index in [1.54, 1.807) is 0 Å². The summed E-state index contributed by atoms with van der Waals surface area (Å²) in [7, 11) is 0. The summed E-state index contributed by atoms with van der Waals surface area (Å²) in [6, 6.07) is 1.42. The smallest absolute Gasteiger partial charge is 0.421 e. The van der Waals surface area contributed by atoms with Gasteiger partial charge in [0.2, 0.25) is 11.8 Å². The lowest BCUT2D eigenvalue weighted by Gasteiger charge is -2.18. The molecule has 0 bridgehead atoms. The van der Waals surface area contributed by atoms with E-state index in [-0.39, 0.29) is 25.0 Å². The molecule has 0 saturated carbocycles. The molecule has 2 unspecified atom stereocenters. The van der Waals surface area contributed by atoms with Crippen LogP contribution in [0.15, 0.2) is 18.3 Å².